The topological polar surface area (TPSA) is 29.1 Å². The predicted octanol–water partition coefficient (Wildman–Crippen LogP) is 3.07. The number of carbonyl (C=O) groups is 1. The van der Waals surface area contributed by atoms with E-state index in [1.807, 2.05) is 6.07 Å². The monoisotopic (exact) mass is 255 g/mol. The van der Waals surface area contributed by atoms with Crippen LogP contribution < -0.4 is 5.32 Å². The molecule has 16 heavy (non-hydrogen) atoms. The third-order valence-corrected chi connectivity index (χ3v) is 3.19. The first-order valence-corrected chi connectivity index (χ1v) is 5.78. The van der Waals surface area contributed by atoms with Crippen LogP contribution in [0.15, 0.2) is 18.2 Å². The molecule has 0 fully saturated rings. The molecule has 0 saturated carbocycles. The van der Waals surface area contributed by atoms with Crippen LogP contribution in [0.5, 0.6) is 0 Å². The molecule has 0 aliphatic heterocycles. The third-order valence-electron chi connectivity index (χ3n) is 2.67. The Labute approximate surface area is 104 Å². The van der Waals surface area contributed by atoms with Crippen LogP contribution in [-0.2, 0) is 11.2 Å². The molecular formula is C12H11Cl2NO. The van der Waals surface area contributed by atoms with Crippen LogP contribution in [-0.4, -0.2) is 13.0 Å². The van der Waals surface area contributed by atoms with E-state index in [-0.39, 0.29) is 5.91 Å². The van der Waals surface area contributed by atoms with E-state index < -0.39 is 0 Å². The fraction of sp³-hybridized carbons (Fsp3) is 0.250. The zero-order valence-electron chi connectivity index (χ0n) is 8.81. The maximum Gasteiger partial charge on any atom is 0.244 e. The largest absolute Gasteiger partial charge is 0.356 e. The van der Waals surface area contributed by atoms with Gasteiger partial charge in [-0.1, -0.05) is 23.2 Å². The number of rotatable bonds is 1. The summed E-state index contributed by atoms with van der Waals surface area (Å²) in [6, 6.07) is 3.62. The Morgan fingerprint density at radius 1 is 1.38 bits per heavy atom. The van der Waals surface area contributed by atoms with Gasteiger partial charge in [0, 0.05) is 23.2 Å². The molecule has 0 unspecified atom stereocenters. The molecule has 0 saturated heterocycles. The molecule has 1 aromatic carbocycles. The van der Waals surface area contributed by atoms with Gasteiger partial charge in [-0.3, -0.25) is 4.79 Å². The number of fused-ring (bicyclic) bond motifs is 1. The highest BCUT2D eigenvalue weighted by molar-refractivity contribution is 6.36. The van der Waals surface area contributed by atoms with Crippen LogP contribution in [0.2, 0.25) is 10.0 Å². The zero-order chi connectivity index (χ0) is 11.7. The van der Waals surface area contributed by atoms with Crippen molar-refractivity contribution in [2.75, 3.05) is 7.05 Å². The minimum Gasteiger partial charge on any atom is -0.356 e. The molecule has 1 aromatic rings. The van der Waals surface area contributed by atoms with Crippen LogP contribution in [0.4, 0.5) is 0 Å². The number of benzene rings is 1. The van der Waals surface area contributed by atoms with Gasteiger partial charge in [0.1, 0.15) is 0 Å². The van der Waals surface area contributed by atoms with Crippen molar-refractivity contribution in [1.82, 2.24) is 5.32 Å². The molecule has 84 valence electrons. The second kappa shape index (κ2) is 4.48. The Morgan fingerprint density at radius 2 is 2.12 bits per heavy atom. The van der Waals surface area contributed by atoms with Gasteiger partial charge in [-0.15, -0.1) is 0 Å². The van der Waals surface area contributed by atoms with Gasteiger partial charge in [0.25, 0.3) is 0 Å². The minimum atomic E-state index is -0.103. The lowest BCUT2D eigenvalue weighted by molar-refractivity contribution is -0.116. The molecule has 2 nitrogen and oxygen atoms in total. The smallest absolute Gasteiger partial charge is 0.244 e. The second-order valence-corrected chi connectivity index (χ2v) is 4.55. The second-order valence-electron chi connectivity index (χ2n) is 3.71. The van der Waals surface area contributed by atoms with E-state index in [9.17, 15) is 4.79 Å². The van der Waals surface area contributed by atoms with Crippen molar-refractivity contribution >= 4 is 34.7 Å². The number of hydrogen-bond donors (Lipinski definition) is 1. The number of carbonyl (C=O) groups excluding carboxylic acids is 1. The van der Waals surface area contributed by atoms with Gasteiger partial charge in [0.05, 0.1) is 0 Å². The molecule has 4 heteroatoms. The van der Waals surface area contributed by atoms with Crippen molar-refractivity contribution < 1.29 is 4.79 Å². The van der Waals surface area contributed by atoms with Crippen molar-refractivity contribution in [3.05, 3.63) is 39.4 Å². The first kappa shape index (κ1) is 11.5. The number of likely N-dealkylation sites (N-methyl/N-ethyl adjacent to an activating group) is 1. The third kappa shape index (κ3) is 2.08. The molecule has 1 N–H and O–H groups in total. The molecule has 1 aliphatic carbocycles. The number of halogens is 2. The molecule has 1 amide bonds. The van der Waals surface area contributed by atoms with E-state index in [0.717, 1.165) is 29.5 Å². The van der Waals surface area contributed by atoms with Gasteiger partial charge < -0.3 is 5.32 Å². The Balaban J connectivity index is 2.47. The standard InChI is InChI=1S/C12H11Cl2NO/c1-15-11(16)5-8-3-2-7-4-9(13)6-10(14)12(7)8/h4-6H,2-3H2,1H3,(H,15,16)/b8-5+. The summed E-state index contributed by atoms with van der Waals surface area (Å²) in [4.78, 5) is 11.3. The average molecular weight is 256 g/mol. The van der Waals surface area contributed by atoms with E-state index in [0.29, 0.717) is 10.0 Å². The van der Waals surface area contributed by atoms with Crippen LogP contribution in [0, 0.1) is 0 Å². The number of aryl methyl sites for hydroxylation is 1. The molecule has 0 aromatic heterocycles. The van der Waals surface area contributed by atoms with Gasteiger partial charge >= 0.3 is 0 Å². The normalized spacial score (nSPS) is 16.3. The molecular weight excluding hydrogens is 245 g/mol. The molecule has 0 spiro atoms. The maximum atomic E-state index is 11.3. The van der Waals surface area contributed by atoms with Crippen molar-refractivity contribution in [2.45, 2.75) is 12.8 Å². The summed E-state index contributed by atoms with van der Waals surface area (Å²) in [5, 5.41) is 3.83. The number of nitrogens with one attached hydrogen (secondary N) is 1. The highest BCUT2D eigenvalue weighted by atomic mass is 35.5. The number of hydrogen-bond acceptors (Lipinski definition) is 1. The van der Waals surface area contributed by atoms with Crippen LogP contribution in [0.25, 0.3) is 5.57 Å². The van der Waals surface area contributed by atoms with E-state index >= 15 is 0 Å². The molecule has 0 bridgehead atoms. The van der Waals surface area contributed by atoms with Crippen molar-refractivity contribution in [3.63, 3.8) is 0 Å². The molecule has 0 radical (unpaired) electrons. The van der Waals surface area contributed by atoms with Crippen molar-refractivity contribution in [2.24, 2.45) is 0 Å². The number of allylic oxidation sites excluding steroid dienone is 1. The Morgan fingerprint density at radius 3 is 2.81 bits per heavy atom. The van der Waals surface area contributed by atoms with Gasteiger partial charge in [0.15, 0.2) is 0 Å². The van der Waals surface area contributed by atoms with Crippen LogP contribution in [0.3, 0.4) is 0 Å². The lowest BCUT2D eigenvalue weighted by Gasteiger charge is -2.05. The zero-order valence-corrected chi connectivity index (χ0v) is 10.3. The van der Waals surface area contributed by atoms with E-state index in [1.54, 1.807) is 19.2 Å². The summed E-state index contributed by atoms with van der Waals surface area (Å²) >= 11 is 12.1. The molecule has 1 aliphatic rings. The highest BCUT2D eigenvalue weighted by Crippen LogP contribution is 2.39. The van der Waals surface area contributed by atoms with Gasteiger partial charge in [-0.25, -0.2) is 0 Å². The van der Waals surface area contributed by atoms with E-state index in [2.05, 4.69) is 5.32 Å². The molecule has 2 rings (SSSR count). The van der Waals surface area contributed by atoms with Gasteiger partial charge in [-0.05, 0) is 41.7 Å². The maximum absolute atomic E-state index is 11.3. The first-order chi connectivity index (χ1) is 7.61. The van der Waals surface area contributed by atoms with Crippen molar-refractivity contribution in [1.29, 1.82) is 0 Å². The quantitative estimate of drug-likeness (QED) is 0.768. The summed E-state index contributed by atoms with van der Waals surface area (Å²) in [6.45, 7) is 0. The molecule has 0 heterocycles. The Kier molecular flexibility index (Phi) is 3.22. The lowest BCUT2D eigenvalue weighted by Crippen LogP contribution is -2.14. The lowest BCUT2D eigenvalue weighted by atomic mass is 10.1. The summed E-state index contributed by atoms with van der Waals surface area (Å²) in [5.41, 5.74) is 3.07. The average Bonchev–Trinajstić information content (AvgIpc) is 2.61. The summed E-state index contributed by atoms with van der Waals surface area (Å²) in [7, 11) is 1.61. The Bertz CT molecular complexity index is 480. The predicted molar refractivity (Wildman–Crippen MR) is 66.8 cm³/mol. The fourth-order valence-corrected chi connectivity index (χ4v) is 2.61. The van der Waals surface area contributed by atoms with Crippen LogP contribution in [0.1, 0.15) is 17.5 Å². The minimum absolute atomic E-state index is 0.103. The summed E-state index contributed by atoms with van der Waals surface area (Å²) in [6.07, 6.45) is 3.33. The van der Waals surface area contributed by atoms with E-state index in [4.69, 9.17) is 23.2 Å². The fourth-order valence-electron chi connectivity index (χ4n) is 1.95. The summed E-state index contributed by atoms with van der Waals surface area (Å²) < 4.78 is 0. The highest BCUT2D eigenvalue weighted by Gasteiger charge is 2.20. The van der Waals surface area contributed by atoms with Crippen molar-refractivity contribution in [3.8, 4) is 0 Å². The van der Waals surface area contributed by atoms with Crippen LogP contribution >= 0.6 is 23.2 Å². The first-order valence-electron chi connectivity index (χ1n) is 5.02. The SMILES string of the molecule is CNC(=O)/C=C1\CCc2cc(Cl)cc(Cl)c21. The van der Waals surface area contributed by atoms with Gasteiger partial charge in [0.2, 0.25) is 5.91 Å². The molecule has 0 atom stereocenters. The summed E-state index contributed by atoms with van der Waals surface area (Å²) in [5.74, 6) is -0.103. The van der Waals surface area contributed by atoms with Gasteiger partial charge in [-0.2, -0.15) is 0 Å². The number of amides is 1. The Hall–Kier alpha value is -0.990. The van der Waals surface area contributed by atoms with E-state index in [1.165, 1.54) is 0 Å².